The summed E-state index contributed by atoms with van der Waals surface area (Å²) in [4.78, 5) is 0. The van der Waals surface area contributed by atoms with Gasteiger partial charge in [0.15, 0.2) is 0 Å². The van der Waals surface area contributed by atoms with E-state index in [0.29, 0.717) is 22.7 Å². The van der Waals surface area contributed by atoms with Gasteiger partial charge in [0.25, 0.3) is 0 Å². The molecule has 0 spiro atoms. The highest BCUT2D eigenvalue weighted by Gasteiger charge is 2.32. The van der Waals surface area contributed by atoms with Crippen molar-refractivity contribution in [1.29, 1.82) is 5.26 Å². The van der Waals surface area contributed by atoms with Crippen LogP contribution in [0.4, 0.5) is 11.4 Å². The normalized spacial score (nSPS) is 25.6. The maximum absolute atomic E-state index is 8.85. The van der Waals surface area contributed by atoms with Crippen LogP contribution in [-0.4, -0.2) is 6.04 Å². The fourth-order valence-corrected chi connectivity index (χ4v) is 3.44. The Morgan fingerprint density at radius 3 is 2.68 bits per heavy atom. The van der Waals surface area contributed by atoms with Crippen LogP contribution in [-0.2, 0) is 0 Å². The lowest BCUT2D eigenvalue weighted by atomic mass is 9.70. The molecular weight excluding hydrogens is 234 g/mol. The molecule has 1 aliphatic carbocycles. The Morgan fingerprint density at radius 2 is 2.11 bits per heavy atom. The van der Waals surface area contributed by atoms with Crippen LogP contribution < -0.4 is 11.1 Å². The molecular formula is C16H23N3. The number of nitrogens with two attached hydrogens (primary N) is 1. The molecule has 0 bridgehead atoms. The van der Waals surface area contributed by atoms with E-state index in [1.807, 2.05) is 12.1 Å². The van der Waals surface area contributed by atoms with E-state index in [-0.39, 0.29) is 0 Å². The highest BCUT2D eigenvalue weighted by atomic mass is 14.9. The van der Waals surface area contributed by atoms with Gasteiger partial charge in [-0.25, -0.2) is 0 Å². The number of nitriles is 1. The SMILES string of the molecule is C[C@@H]1C[C@H](Nc2ccc(C#N)cc2N)CC(C)(C)C1. The number of nitrogen functional groups attached to an aromatic ring is 1. The summed E-state index contributed by atoms with van der Waals surface area (Å²) >= 11 is 0. The smallest absolute Gasteiger partial charge is 0.0992 e. The largest absolute Gasteiger partial charge is 0.397 e. The summed E-state index contributed by atoms with van der Waals surface area (Å²) in [5.41, 5.74) is 8.61. The van der Waals surface area contributed by atoms with Crippen molar-refractivity contribution in [2.45, 2.75) is 46.1 Å². The zero-order valence-corrected chi connectivity index (χ0v) is 12.0. The molecule has 1 aromatic rings. The molecule has 0 amide bonds. The number of hydrogen-bond acceptors (Lipinski definition) is 3. The summed E-state index contributed by atoms with van der Waals surface area (Å²) in [5.74, 6) is 0.737. The lowest BCUT2D eigenvalue weighted by Crippen LogP contribution is -2.35. The van der Waals surface area contributed by atoms with E-state index in [1.54, 1.807) is 6.07 Å². The maximum Gasteiger partial charge on any atom is 0.0992 e. The zero-order valence-electron chi connectivity index (χ0n) is 12.0. The van der Waals surface area contributed by atoms with E-state index in [1.165, 1.54) is 12.8 Å². The average molecular weight is 257 g/mol. The van der Waals surface area contributed by atoms with Gasteiger partial charge in [0.1, 0.15) is 0 Å². The topological polar surface area (TPSA) is 61.8 Å². The van der Waals surface area contributed by atoms with Gasteiger partial charge in [-0.15, -0.1) is 0 Å². The minimum atomic E-state index is 0.386. The highest BCUT2D eigenvalue weighted by Crippen LogP contribution is 2.40. The minimum Gasteiger partial charge on any atom is -0.397 e. The quantitative estimate of drug-likeness (QED) is 0.793. The Balaban J connectivity index is 2.11. The lowest BCUT2D eigenvalue weighted by Gasteiger charge is -2.39. The van der Waals surface area contributed by atoms with Gasteiger partial charge in [0.05, 0.1) is 23.0 Å². The van der Waals surface area contributed by atoms with E-state index in [0.717, 1.165) is 18.0 Å². The van der Waals surface area contributed by atoms with Crippen LogP contribution in [0.5, 0.6) is 0 Å². The monoisotopic (exact) mass is 257 g/mol. The number of hydrogen-bond donors (Lipinski definition) is 2. The Bertz CT molecular complexity index is 499. The molecule has 2 rings (SSSR count). The van der Waals surface area contributed by atoms with Gasteiger partial charge in [-0.3, -0.25) is 0 Å². The van der Waals surface area contributed by atoms with Crippen molar-refractivity contribution in [1.82, 2.24) is 0 Å². The summed E-state index contributed by atoms with van der Waals surface area (Å²) in [7, 11) is 0. The number of nitrogens with one attached hydrogen (secondary N) is 1. The number of nitrogens with zero attached hydrogens (tertiary/aromatic N) is 1. The van der Waals surface area contributed by atoms with E-state index < -0.39 is 0 Å². The van der Waals surface area contributed by atoms with Crippen molar-refractivity contribution in [3.8, 4) is 6.07 Å². The number of benzene rings is 1. The van der Waals surface area contributed by atoms with Crippen LogP contribution >= 0.6 is 0 Å². The van der Waals surface area contributed by atoms with Crippen LogP contribution in [0.25, 0.3) is 0 Å². The van der Waals surface area contributed by atoms with Gasteiger partial charge in [-0.05, 0) is 48.8 Å². The lowest BCUT2D eigenvalue weighted by molar-refractivity contribution is 0.178. The van der Waals surface area contributed by atoms with Crippen LogP contribution in [0.1, 0.15) is 45.6 Å². The molecule has 3 heteroatoms. The Morgan fingerprint density at radius 1 is 1.37 bits per heavy atom. The van der Waals surface area contributed by atoms with Crippen LogP contribution in [0, 0.1) is 22.7 Å². The van der Waals surface area contributed by atoms with Crippen LogP contribution in [0.15, 0.2) is 18.2 Å². The third kappa shape index (κ3) is 3.41. The van der Waals surface area contributed by atoms with Crippen molar-refractivity contribution < 1.29 is 0 Å². The van der Waals surface area contributed by atoms with Crippen molar-refractivity contribution >= 4 is 11.4 Å². The zero-order chi connectivity index (χ0) is 14.0. The third-order valence-corrected chi connectivity index (χ3v) is 3.93. The van der Waals surface area contributed by atoms with Crippen LogP contribution in [0.3, 0.4) is 0 Å². The van der Waals surface area contributed by atoms with Crippen LogP contribution in [0.2, 0.25) is 0 Å². The van der Waals surface area contributed by atoms with E-state index in [2.05, 4.69) is 32.2 Å². The average Bonchev–Trinajstić information content (AvgIpc) is 2.29. The molecule has 1 aromatic carbocycles. The number of rotatable bonds is 2. The Hall–Kier alpha value is -1.69. The predicted molar refractivity (Wildman–Crippen MR) is 79.8 cm³/mol. The van der Waals surface area contributed by atoms with Gasteiger partial charge in [-0.2, -0.15) is 5.26 Å². The summed E-state index contributed by atoms with van der Waals surface area (Å²) in [6.45, 7) is 6.98. The van der Waals surface area contributed by atoms with Gasteiger partial charge in [-0.1, -0.05) is 20.8 Å². The fraction of sp³-hybridized carbons (Fsp3) is 0.562. The van der Waals surface area contributed by atoms with Crippen molar-refractivity contribution in [3.05, 3.63) is 23.8 Å². The van der Waals surface area contributed by atoms with Crippen molar-refractivity contribution in [2.75, 3.05) is 11.1 Å². The molecule has 0 radical (unpaired) electrons. The molecule has 3 N–H and O–H groups in total. The summed E-state index contributed by atoms with van der Waals surface area (Å²) in [6.07, 6.45) is 3.63. The molecule has 0 heterocycles. The highest BCUT2D eigenvalue weighted by molar-refractivity contribution is 5.68. The minimum absolute atomic E-state index is 0.386. The van der Waals surface area contributed by atoms with E-state index >= 15 is 0 Å². The molecule has 3 nitrogen and oxygen atoms in total. The van der Waals surface area contributed by atoms with Gasteiger partial charge < -0.3 is 11.1 Å². The summed E-state index contributed by atoms with van der Waals surface area (Å²) in [5, 5.41) is 12.4. The van der Waals surface area contributed by atoms with Crippen molar-refractivity contribution in [3.63, 3.8) is 0 Å². The van der Waals surface area contributed by atoms with E-state index in [9.17, 15) is 0 Å². The maximum atomic E-state index is 8.85. The standard InChI is InChI=1S/C16H23N3/c1-11-6-13(9-16(2,3)8-11)19-15-5-4-12(10-17)7-14(15)18/h4-5,7,11,13,19H,6,8-9,18H2,1-3H3/t11-,13+/m1/s1. The van der Waals surface area contributed by atoms with Crippen molar-refractivity contribution in [2.24, 2.45) is 11.3 Å². The first-order valence-electron chi connectivity index (χ1n) is 6.96. The second-order valence-corrected chi connectivity index (χ2v) is 6.67. The molecule has 2 atom stereocenters. The van der Waals surface area contributed by atoms with Gasteiger partial charge in [0.2, 0.25) is 0 Å². The molecule has 102 valence electrons. The number of anilines is 2. The van der Waals surface area contributed by atoms with Gasteiger partial charge >= 0.3 is 0 Å². The third-order valence-electron chi connectivity index (χ3n) is 3.93. The van der Waals surface area contributed by atoms with E-state index in [4.69, 9.17) is 11.0 Å². The molecule has 1 aliphatic rings. The summed E-state index contributed by atoms with van der Waals surface area (Å²) in [6, 6.07) is 8.05. The molecule has 1 fully saturated rings. The Kier molecular flexibility index (Phi) is 3.71. The molecule has 0 aliphatic heterocycles. The predicted octanol–water partition coefficient (Wildman–Crippen LogP) is 3.77. The molecule has 0 unspecified atom stereocenters. The first-order chi connectivity index (χ1) is 8.89. The summed E-state index contributed by atoms with van der Waals surface area (Å²) < 4.78 is 0. The molecule has 19 heavy (non-hydrogen) atoms. The Labute approximate surface area is 115 Å². The second-order valence-electron chi connectivity index (χ2n) is 6.67. The van der Waals surface area contributed by atoms with Gasteiger partial charge in [0, 0.05) is 6.04 Å². The first kappa shape index (κ1) is 13.7. The fourth-order valence-electron chi connectivity index (χ4n) is 3.44. The molecule has 0 aromatic heterocycles. The molecule has 1 saturated carbocycles. The molecule has 0 saturated heterocycles. The first-order valence-corrected chi connectivity index (χ1v) is 6.96. The second kappa shape index (κ2) is 5.13.